The summed E-state index contributed by atoms with van der Waals surface area (Å²) >= 11 is 0. The summed E-state index contributed by atoms with van der Waals surface area (Å²) in [5, 5.41) is 2.43. The summed E-state index contributed by atoms with van der Waals surface area (Å²) in [5.41, 5.74) is -0.551. The molecule has 3 heterocycles. The van der Waals surface area contributed by atoms with Gasteiger partial charge in [0, 0.05) is 24.9 Å². The van der Waals surface area contributed by atoms with E-state index in [0.29, 0.717) is 0 Å². The third-order valence-electron chi connectivity index (χ3n) is 7.24. The van der Waals surface area contributed by atoms with Crippen molar-refractivity contribution in [2.24, 2.45) is 0 Å². The second kappa shape index (κ2) is 5.70. The summed E-state index contributed by atoms with van der Waals surface area (Å²) < 4.78 is 15.0. The third kappa shape index (κ3) is 2.53. The quantitative estimate of drug-likeness (QED) is 0.757. The second-order valence-corrected chi connectivity index (χ2v) is 9.40. The fourth-order valence-electron chi connectivity index (χ4n) is 4.57. The summed E-state index contributed by atoms with van der Waals surface area (Å²) in [6.07, 6.45) is 9.72. The molecule has 0 radical (unpaired) electrons. The Labute approximate surface area is 156 Å². The van der Waals surface area contributed by atoms with Gasteiger partial charge in [-0.2, -0.15) is 0 Å². The molecule has 0 amide bonds. The molecule has 5 rings (SSSR count). The van der Waals surface area contributed by atoms with Crippen molar-refractivity contribution in [3.63, 3.8) is 0 Å². The molecule has 1 saturated carbocycles. The second-order valence-electron chi connectivity index (χ2n) is 9.40. The Morgan fingerprint density at radius 2 is 1.85 bits per heavy atom. The number of hydrogen-bond donors (Lipinski definition) is 0. The van der Waals surface area contributed by atoms with E-state index in [4.69, 9.17) is 14.3 Å². The molecule has 1 atom stereocenters. The van der Waals surface area contributed by atoms with Crippen LogP contribution in [0.1, 0.15) is 59.2 Å². The number of nitrogens with zero attached hydrogens (tertiary/aromatic N) is 3. The van der Waals surface area contributed by atoms with Gasteiger partial charge in [0.25, 0.3) is 0 Å². The molecular weight excluding hydrogens is 325 g/mol. The number of imidazole rings is 1. The summed E-state index contributed by atoms with van der Waals surface area (Å²) in [6.45, 7) is 11.7. The van der Waals surface area contributed by atoms with Crippen LogP contribution in [0, 0.1) is 0 Å². The zero-order chi connectivity index (χ0) is 18.1. The highest BCUT2D eigenvalue weighted by atomic mass is 16.7. The SMILES string of the molecule is CC1(C)OB(C2C=c3nc4n(c3=CC2)CCN(C2CCC2)C4)OC1(C)C. The van der Waals surface area contributed by atoms with Crippen LogP contribution in [0.5, 0.6) is 0 Å². The first-order valence-electron chi connectivity index (χ1n) is 10.2. The lowest BCUT2D eigenvalue weighted by atomic mass is 9.69. The van der Waals surface area contributed by atoms with Crippen molar-refractivity contribution in [2.45, 2.75) is 89.5 Å². The Morgan fingerprint density at radius 3 is 2.50 bits per heavy atom. The molecule has 1 unspecified atom stereocenters. The summed E-state index contributed by atoms with van der Waals surface area (Å²) in [7, 11) is -0.186. The van der Waals surface area contributed by atoms with Crippen molar-refractivity contribution in [3.8, 4) is 0 Å². The molecule has 2 aliphatic carbocycles. The van der Waals surface area contributed by atoms with Crippen LogP contribution in [0.4, 0.5) is 0 Å². The fourth-order valence-corrected chi connectivity index (χ4v) is 4.57. The molecule has 1 aromatic rings. The van der Waals surface area contributed by atoms with E-state index in [1.165, 1.54) is 30.4 Å². The standard InChI is InChI=1S/C20H30BN3O2/c1-19(2)20(3,4)26-21(25-19)14-8-9-17-16(12-14)22-18-13-23(10-11-24(17)18)15-6-5-7-15/h9,12,14-15H,5-8,10-11,13H2,1-4H3. The first-order valence-corrected chi connectivity index (χ1v) is 10.2. The van der Waals surface area contributed by atoms with E-state index in [9.17, 15) is 0 Å². The van der Waals surface area contributed by atoms with Gasteiger partial charge in [-0.1, -0.05) is 18.6 Å². The molecule has 0 aromatic carbocycles. The first kappa shape index (κ1) is 17.0. The van der Waals surface area contributed by atoms with E-state index in [1.54, 1.807) is 0 Å². The predicted octanol–water partition coefficient (Wildman–Crippen LogP) is 1.68. The van der Waals surface area contributed by atoms with Crippen LogP contribution >= 0.6 is 0 Å². The summed E-state index contributed by atoms with van der Waals surface area (Å²) in [4.78, 5) is 7.63. The highest BCUT2D eigenvalue weighted by molar-refractivity contribution is 6.49. The fraction of sp³-hybridized carbons (Fsp3) is 0.750. The minimum Gasteiger partial charge on any atom is -0.403 e. The van der Waals surface area contributed by atoms with Crippen molar-refractivity contribution < 1.29 is 9.31 Å². The summed E-state index contributed by atoms with van der Waals surface area (Å²) in [6, 6.07) is 0.794. The average molecular weight is 355 g/mol. The number of fused-ring (bicyclic) bond motifs is 3. The van der Waals surface area contributed by atoms with Gasteiger partial charge in [0.05, 0.1) is 28.4 Å². The zero-order valence-corrected chi connectivity index (χ0v) is 16.5. The lowest BCUT2D eigenvalue weighted by Crippen LogP contribution is -2.46. The Morgan fingerprint density at radius 1 is 1.12 bits per heavy atom. The molecule has 140 valence electrons. The molecule has 2 aliphatic heterocycles. The van der Waals surface area contributed by atoms with Crippen molar-refractivity contribution in [2.75, 3.05) is 6.54 Å². The smallest absolute Gasteiger partial charge is 0.403 e. The van der Waals surface area contributed by atoms with E-state index in [-0.39, 0.29) is 24.1 Å². The Kier molecular flexibility index (Phi) is 3.73. The first-order chi connectivity index (χ1) is 12.3. The molecule has 5 nitrogen and oxygen atoms in total. The molecular formula is C20H30BN3O2. The van der Waals surface area contributed by atoms with E-state index >= 15 is 0 Å². The predicted molar refractivity (Wildman–Crippen MR) is 103 cm³/mol. The minimum absolute atomic E-state index is 0.186. The highest BCUT2D eigenvalue weighted by Gasteiger charge is 2.53. The largest absolute Gasteiger partial charge is 0.465 e. The van der Waals surface area contributed by atoms with E-state index < -0.39 is 0 Å². The maximum atomic E-state index is 6.27. The van der Waals surface area contributed by atoms with Gasteiger partial charge in [-0.25, -0.2) is 4.98 Å². The van der Waals surface area contributed by atoms with Crippen LogP contribution in [0.2, 0.25) is 5.82 Å². The lowest BCUT2D eigenvalue weighted by molar-refractivity contribution is 0.00578. The molecule has 2 fully saturated rings. The van der Waals surface area contributed by atoms with Gasteiger partial charge in [0.2, 0.25) is 0 Å². The average Bonchev–Trinajstić information content (AvgIpc) is 2.98. The van der Waals surface area contributed by atoms with Crippen LogP contribution in [0.25, 0.3) is 12.2 Å². The van der Waals surface area contributed by atoms with Gasteiger partial charge in [0.15, 0.2) is 0 Å². The molecule has 1 aromatic heterocycles. The lowest BCUT2D eigenvalue weighted by Gasteiger charge is -2.39. The number of aromatic nitrogens is 2. The Bertz CT molecular complexity index is 824. The van der Waals surface area contributed by atoms with Crippen LogP contribution in [0.15, 0.2) is 0 Å². The van der Waals surface area contributed by atoms with E-state index in [2.05, 4.69) is 49.3 Å². The molecule has 0 N–H and O–H groups in total. The number of rotatable bonds is 2. The topological polar surface area (TPSA) is 39.5 Å². The van der Waals surface area contributed by atoms with Gasteiger partial charge in [-0.15, -0.1) is 0 Å². The van der Waals surface area contributed by atoms with Crippen molar-refractivity contribution in [3.05, 3.63) is 16.5 Å². The van der Waals surface area contributed by atoms with Gasteiger partial charge in [0.1, 0.15) is 5.82 Å². The molecule has 4 aliphatic rings. The highest BCUT2D eigenvalue weighted by Crippen LogP contribution is 2.41. The van der Waals surface area contributed by atoms with Crippen LogP contribution in [-0.2, 0) is 22.4 Å². The van der Waals surface area contributed by atoms with Gasteiger partial charge >= 0.3 is 7.12 Å². The van der Waals surface area contributed by atoms with Gasteiger partial charge < -0.3 is 13.9 Å². The maximum Gasteiger partial charge on any atom is 0.465 e. The van der Waals surface area contributed by atoms with Crippen molar-refractivity contribution >= 4 is 19.3 Å². The Balaban J connectivity index is 1.41. The minimum atomic E-state index is -0.275. The van der Waals surface area contributed by atoms with Crippen LogP contribution < -0.4 is 10.7 Å². The molecule has 26 heavy (non-hydrogen) atoms. The molecule has 0 spiro atoms. The van der Waals surface area contributed by atoms with Crippen LogP contribution in [0.3, 0.4) is 0 Å². The molecule has 6 heteroatoms. The van der Waals surface area contributed by atoms with Gasteiger partial charge in [-0.3, -0.25) is 4.90 Å². The third-order valence-corrected chi connectivity index (χ3v) is 7.24. The molecule has 1 saturated heterocycles. The van der Waals surface area contributed by atoms with Crippen molar-refractivity contribution in [1.82, 2.24) is 14.5 Å². The monoisotopic (exact) mass is 355 g/mol. The van der Waals surface area contributed by atoms with Crippen LogP contribution in [-0.4, -0.2) is 45.4 Å². The van der Waals surface area contributed by atoms with Crippen molar-refractivity contribution in [1.29, 1.82) is 0 Å². The van der Waals surface area contributed by atoms with E-state index in [0.717, 1.165) is 37.4 Å². The maximum absolute atomic E-state index is 6.27. The summed E-state index contributed by atoms with van der Waals surface area (Å²) in [5.74, 6) is 1.47. The van der Waals surface area contributed by atoms with E-state index in [1.807, 2.05) is 0 Å². The normalized spacial score (nSPS) is 30.2. The van der Waals surface area contributed by atoms with Gasteiger partial charge in [-0.05, 0) is 47.0 Å². The number of hydrogen-bond acceptors (Lipinski definition) is 4. The molecule has 0 bridgehead atoms. The Hall–Kier alpha value is -1.11. The zero-order valence-electron chi connectivity index (χ0n) is 16.5.